The van der Waals surface area contributed by atoms with Crippen LogP contribution in [0.5, 0.6) is 0 Å². The summed E-state index contributed by atoms with van der Waals surface area (Å²) in [4.78, 5) is 26.4. The summed E-state index contributed by atoms with van der Waals surface area (Å²) in [6.45, 7) is 0. The van der Waals surface area contributed by atoms with Crippen molar-refractivity contribution >= 4 is 17.3 Å². The number of nitro benzene ring substituents is 1. The second-order valence-corrected chi connectivity index (χ2v) is 3.93. The fraction of sp³-hybridized carbons (Fsp3) is 0.364. The van der Waals surface area contributed by atoms with Gasteiger partial charge in [-0.3, -0.25) is 10.1 Å². The van der Waals surface area contributed by atoms with Crippen molar-refractivity contribution < 1.29 is 14.6 Å². The van der Waals surface area contributed by atoms with Gasteiger partial charge in [0.25, 0.3) is 5.69 Å². The second kappa shape index (κ2) is 4.82. The van der Waals surface area contributed by atoms with E-state index in [1.165, 1.54) is 12.1 Å². The van der Waals surface area contributed by atoms with Gasteiger partial charge in [0, 0.05) is 6.07 Å². The number of nitrogens with one attached hydrogen (secondary N) is 1. The van der Waals surface area contributed by atoms with Crippen LogP contribution in [0.3, 0.4) is 0 Å². The minimum atomic E-state index is -0.528. The summed E-state index contributed by atoms with van der Waals surface area (Å²) < 4.78 is 0. The molecule has 0 aromatic heterocycles. The number of nitro groups is 1. The van der Waals surface area contributed by atoms with Gasteiger partial charge in [-0.25, -0.2) is 10.3 Å². The second-order valence-electron chi connectivity index (χ2n) is 3.93. The lowest BCUT2D eigenvalue weighted by Crippen LogP contribution is -2.26. The highest BCUT2D eigenvalue weighted by atomic mass is 16.7. The van der Waals surface area contributed by atoms with Crippen molar-refractivity contribution in [2.45, 2.75) is 19.3 Å². The third kappa shape index (κ3) is 2.52. The Morgan fingerprint density at radius 3 is 2.71 bits per heavy atom. The number of rotatable bonds is 4. The van der Waals surface area contributed by atoms with Gasteiger partial charge in [0.05, 0.1) is 10.8 Å². The molecular formula is C11H12N2O4. The molecule has 1 saturated carbocycles. The summed E-state index contributed by atoms with van der Waals surface area (Å²) in [5.74, 6) is -0.417. The van der Waals surface area contributed by atoms with E-state index in [-0.39, 0.29) is 23.3 Å². The first-order valence-corrected chi connectivity index (χ1v) is 5.38. The van der Waals surface area contributed by atoms with Crippen LogP contribution in [0.25, 0.3) is 0 Å². The number of hydrogen-bond donors (Lipinski definition) is 1. The van der Waals surface area contributed by atoms with Crippen molar-refractivity contribution in [1.29, 1.82) is 0 Å². The molecule has 1 fully saturated rings. The molecule has 17 heavy (non-hydrogen) atoms. The fourth-order valence-corrected chi connectivity index (χ4v) is 1.55. The normalized spacial score (nSPS) is 14.8. The summed E-state index contributed by atoms with van der Waals surface area (Å²) in [5, 5.41) is 10.7. The third-order valence-corrected chi connectivity index (χ3v) is 2.80. The topological polar surface area (TPSA) is 81.5 Å². The van der Waals surface area contributed by atoms with Crippen molar-refractivity contribution in [3.05, 3.63) is 34.4 Å². The van der Waals surface area contributed by atoms with E-state index in [9.17, 15) is 14.9 Å². The quantitative estimate of drug-likeness (QED) is 0.640. The zero-order valence-electron chi connectivity index (χ0n) is 9.09. The smallest absolute Gasteiger partial charge is 0.335 e. The highest BCUT2D eigenvalue weighted by Crippen LogP contribution is 2.28. The summed E-state index contributed by atoms with van der Waals surface area (Å²) in [5.41, 5.74) is 2.42. The molecule has 1 aromatic rings. The van der Waals surface area contributed by atoms with Crippen LogP contribution < -0.4 is 5.48 Å². The zero-order chi connectivity index (χ0) is 12.3. The zero-order valence-corrected chi connectivity index (χ0v) is 9.09. The van der Waals surface area contributed by atoms with Crippen LogP contribution in [0.15, 0.2) is 24.3 Å². The van der Waals surface area contributed by atoms with Gasteiger partial charge < -0.3 is 4.84 Å². The first-order chi connectivity index (χ1) is 8.18. The van der Waals surface area contributed by atoms with E-state index < -0.39 is 4.92 Å². The summed E-state index contributed by atoms with van der Waals surface area (Å²) in [7, 11) is 0. The minimum Gasteiger partial charge on any atom is -0.343 e. The highest BCUT2D eigenvalue weighted by Gasteiger charge is 2.27. The molecule has 0 heterocycles. The van der Waals surface area contributed by atoms with Gasteiger partial charge in [-0.15, -0.1) is 0 Å². The molecule has 1 N–H and O–H groups in total. The minimum absolute atomic E-state index is 0.0646. The molecule has 1 aliphatic rings. The Balaban J connectivity index is 1.98. The van der Waals surface area contributed by atoms with Gasteiger partial charge in [0.2, 0.25) is 0 Å². The van der Waals surface area contributed by atoms with Crippen LogP contribution >= 0.6 is 0 Å². The Labute approximate surface area is 97.7 Å². The Kier molecular flexibility index (Phi) is 3.22. The molecule has 0 aliphatic heterocycles. The van der Waals surface area contributed by atoms with Crippen LogP contribution in [0.2, 0.25) is 0 Å². The summed E-state index contributed by atoms with van der Waals surface area (Å²) in [6.07, 6.45) is 2.69. The van der Waals surface area contributed by atoms with Crippen molar-refractivity contribution in [1.82, 2.24) is 0 Å². The lowest BCUT2D eigenvalue weighted by molar-refractivity contribution is -0.384. The number of benzene rings is 1. The molecule has 6 nitrogen and oxygen atoms in total. The molecule has 0 radical (unpaired) electrons. The van der Waals surface area contributed by atoms with Gasteiger partial charge >= 0.3 is 5.97 Å². The average molecular weight is 236 g/mol. The molecule has 2 rings (SSSR count). The van der Waals surface area contributed by atoms with Gasteiger partial charge in [0.1, 0.15) is 5.69 Å². The third-order valence-electron chi connectivity index (χ3n) is 2.80. The van der Waals surface area contributed by atoms with Crippen LogP contribution in [0, 0.1) is 16.0 Å². The number of para-hydroxylation sites is 2. The highest BCUT2D eigenvalue weighted by molar-refractivity contribution is 5.75. The van der Waals surface area contributed by atoms with Crippen molar-refractivity contribution in [3.63, 3.8) is 0 Å². The molecule has 6 heteroatoms. The van der Waals surface area contributed by atoms with Crippen LogP contribution in [0.1, 0.15) is 19.3 Å². The predicted molar refractivity (Wildman–Crippen MR) is 60.2 cm³/mol. The van der Waals surface area contributed by atoms with Crippen molar-refractivity contribution in [2.75, 3.05) is 5.48 Å². The lowest BCUT2D eigenvalue weighted by atomic mass is 9.86. The lowest BCUT2D eigenvalue weighted by Gasteiger charge is -2.22. The van der Waals surface area contributed by atoms with E-state index in [1.807, 2.05) is 0 Å². The predicted octanol–water partition coefficient (Wildman–Crippen LogP) is 2.27. The first-order valence-electron chi connectivity index (χ1n) is 5.38. The first kappa shape index (κ1) is 11.4. The van der Waals surface area contributed by atoms with Gasteiger partial charge in [0.15, 0.2) is 0 Å². The Bertz CT molecular complexity index is 443. The molecule has 0 bridgehead atoms. The molecular weight excluding hydrogens is 224 g/mol. The summed E-state index contributed by atoms with van der Waals surface area (Å²) in [6, 6.07) is 6.02. The molecule has 0 unspecified atom stereocenters. The molecule has 0 saturated heterocycles. The molecule has 90 valence electrons. The van der Waals surface area contributed by atoms with E-state index >= 15 is 0 Å². The molecule has 0 spiro atoms. The van der Waals surface area contributed by atoms with Gasteiger partial charge in [-0.05, 0) is 18.9 Å². The number of carbonyl (C=O) groups is 1. The number of carbonyl (C=O) groups excluding carboxylic acids is 1. The van der Waals surface area contributed by atoms with E-state index in [1.54, 1.807) is 12.1 Å². The maximum absolute atomic E-state index is 11.4. The fourth-order valence-electron chi connectivity index (χ4n) is 1.55. The molecule has 0 amide bonds. The molecule has 1 aromatic carbocycles. The Morgan fingerprint density at radius 2 is 2.12 bits per heavy atom. The Morgan fingerprint density at radius 1 is 1.41 bits per heavy atom. The SMILES string of the molecule is O=C(ONc1ccccc1[N+](=O)[O-])C1CCC1. The molecule has 1 aliphatic carbocycles. The van der Waals surface area contributed by atoms with E-state index in [0.717, 1.165) is 19.3 Å². The maximum Gasteiger partial charge on any atom is 0.335 e. The van der Waals surface area contributed by atoms with Gasteiger partial charge in [-0.1, -0.05) is 18.6 Å². The van der Waals surface area contributed by atoms with Crippen molar-refractivity contribution in [2.24, 2.45) is 5.92 Å². The van der Waals surface area contributed by atoms with Gasteiger partial charge in [-0.2, -0.15) is 0 Å². The van der Waals surface area contributed by atoms with Crippen molar-refractivity contribution in [3.8, 4) is 0 Å². The largest absolute Gasteiger partial charge is 0.343 e. The van der Waals surface area contributed by atoms with Crippen LogP contribution in [0.4, 0.5) is 11.4 Å². The standard InChI is InChI=1S/C11H12N2O4/c14-11(8-4-3-5-8)17-12-9-6-1-2-7-10(9)13(15)16/h1-2,6-8,12H,3-5H2. The maximum atomic E-state index is 11.4. The van der Waals surface area contributed by atoms with Crippen LogP contribution in [-0.4, -0.2) is 10.9 Å². The molecule has 0 atom stereocenters. The number of hydrogen-bond acceptors (Lipinski definition) is 5. The van der Waals surface area contributed by atoms with E-state index in [0.29, 0.717) is 0 Å². The monoisotopic (exact) mass is 236 g/mol. The Hall–Kier alpha value is -2.11. The van der Waals surface area contributed by atoms with E-state index in [2.05, 4.69) is 5.48 Å². The number of anilines is 1. The summed E-state index contributed by atoms with van der Waals surface area (Å²) >= 11 is 0. The number of nitrogens with zero attached hydrogens (tertiary/aromatic N) is 1. The van der Waals surface area contributed by atoms with Crippen LogP contribution in [-0.2, 0) is 9.63 Å². The van der Waals surface area contributed by atoms with E-state index in [4.69, 9.17) is 4.84 Å². The average Bonchev–Trinajstić information content (AvgIpc) is 2.24.